The van der Waals surface area contributed by atoms with Crippen molar-refractivity contribution in [3.8, 4) is 6.07 Å². The Bertz CT molecular complexity index is 1410. The van der Waals surface area contributed by atoms with E-state index in [1.807, 2.05) is 17.2 Å². The maximum Gasteiger partial charge on any atom is 0.416 e. The minimum absolute atomic E-state index is 0.0662. The number of rotatable bonds is 4. The van der Waals surface area contributed by atoms with Crippen molar-refractivity contribution >= 4 is 24.0 Å². The number of carbonyl (C=O) groups excluding carboxylic acids is 1. The van der Waals surface area contributed by atoms with Crippen molar-refractivity contribution in [2.45, 2.75) is 44.9 Å². The van der Waals surface area contributed by atoms with Crippen LogP contribution in [0.3, 0.4) is 0 Å². The highest BCUT2D eigenvalue weighted by molar-refractivity contribution is 5.71. The molecule has 186 valence electrons. The van der Waals surface area contributed by atoms with Gasteiger partial charge in [0.2, 0.25) is 0 Å². The number of nitriles is 1. The molecule has 36 heavy (non-hydrogen) atoms. The van der Waals surface area contributed by atoms with Gasteiger partial charge < -0.3 is 15.1 Å². The van der Waals surface area contributed by atoms with Gasteiger partial charge in [-0.15, -0.1) is 0 Å². The van der Waals surface area contributed by atoms with Crippen LogP contribution in [-0.2, 0) is 11.0 Å². The number of nitrogens with one attached hydrogen (secondary N) is 1. The van der Waals surface area contributed by atoms with Crippen molar-refractivity contribution in [1.29, 1.82) is 5.26 Å². The second-order valence-electron chi connectivity index (χ2n) is 9.61. The summed E-state index contributed by atoms with van der Waals surface area (Å²) >= 11 is 0. The largest absolute Gasteiger partial charge is 0.416 e. The first-order valence-corrected chi connectivity index (χ1v) is 11.9. The number of hydrogen-bond acceptors (Lipinski definition) is 7. The fraction of sp³-hybridized carbons (Fsp3) is 0.423. The monoisotopic (exact) mass is 494 g/mol. The summed E-state index contributed by atoms with van der Waals surface area (Å²) in [6.45, 7) is 6.40. The van der Waals surface area contributed by atoms with Crippen LogP contribution < -0.4 is 15.9 Å². The molecule has 0 spiro atoms. The van der Waals surface area contributed by atoms with Gasteiger partial charge in [-0.3, -0.25) is 0 Å². The van der Waals surface area contributed by atoms with Crippen LogP contribution in [0.4, 0.5) is 19.0 Å². The van der Waals surface area contributed by atoms with Crippen LogP contribution in [0.5, 0.6) is 0 Å². The molecule has 0 amide bonds. The molecule has 10 heteroatoms. The molecule has 0 radical (unpaired) electrons. The molecule has 1 N–H and O–H groups in total. The van der Waals surface area contributed by atoms with Gasteiger partial charge in [0.25, 0.3) is 0 Å². The number of allylic oxidation sites excluding steroid dienone is 1. The van der Waals surface area contributed by atoms with Gasteiger partial charge in [-0.1, -0.05) is 0 Å². The predicted molar refractivity (Wildman–Crippen MR) is 127 cm³/mol. The number of fused-ring (bicyclic) bond motifs is 4. The van der Waals surface area contributed by atoms with Gasteiger partial charge in [0.1, 0.15) is 17.3 Å². The van der Waals surface area contributed by atoms with E-state index in [4.69, 9.17) is 0 Å². The molecule has 1 aromatic heterocycles. The average Bonchev–Trinajstić information content (AvgIpc) is 2.87. The summed E-state index contributed by atoms with van der Waals surface area (Å²) in [5, 5.41) is 13.7. The number of aromatic nitrogens is 2. The lowest BCUT2D eigenvalue weighted by Gasteiger charge is -2.48. The smallest absolute Gasteiger partial charge is 0.363 e. The van der Waals surface area contributed by atoms with E-state index in [1.54, 1.807) is 19.9 Å². The van der Waals surface area contributed by atoms with Crippen molar-refractivity contribution in [3.63, 3.8) is 0 Å². The molecule has 7 nitrogen and oxygen atoms in total. The third-order valence-corrected chi connectivity index (χ3v) is 7.26. The molecule has 2 bridgehead atoms. The lowest BCUT2D eigenvalue weighted by Crippen LogP contribution is -2.57. The molecule has 4 aliphatic heterocycles. The lowest BCUT2D eigenvalue weighted by atomic mass is 9.83. The second kappa shape index (κ2) is 9.08. The number of hydrogen-bond donors (Lipinski definition) is 1. The zero-order valence-corrected chi connectivity index (χ0v) is 19.9. The topological polar surface area (TPSA) is 85.1 Å². The zero-order chi connectivity index (χ0) is 25.6. The van der Waals surface area contributed by atoms with Crippen LogP contribution in [-0.4, -0.2) is 51.4 Å². The standard InChI is InChI=1S/C26H25F3N6O/c1-15(19-7-17(11-30)8-20(9-19)26(27,28)29)31-25-22-12-35(24-13-34-5-3-18(24)4-6-34)21(14-36)10-23(22)32-16(2)33-25/h7-10,12,15,18,24H,3-6,13H2,1-2H3,(H,31,32,33)/t15-,24?/m1/s1. The number of benzene rings is 1. The molecule has 1 unspecified atom stereocenters. The zero-order valence-electron chi connectivity index (χ0n) is 19.9. The van der Waals surface area contributed by atoms with Crippen molar-refractivity contribution in [1.82, 2.24) is 19.8 Å². The Labute approximate surface area is 206 Å². The first-order valence-electron chi connectivity index (χ1n) is 11.9. The minimum atomic E-state index is -4.57. The van der Waals surface area contributed by atoms with Crippen molar-refractivity contribution < 1.29 is 18.0 Å². The number of piperidine rings is 3. The quantitative estimate of drug-likeness (QED) is 0.654. The van der Waals surface area contributed by atoms with E-state index in [2.05, 4.69) is 26.1 Å². The van der Waals surface area contributed by atoms with E-state index < -0.39 is 17.8 Å². The Morgan fingerprint density at radius 3 is 2.56 bits per heavy atom. The highest BCUT2D eigenvalue weighted by Gasteiger charge is 2.38. The van der Waals surface area contributed by atoms with E-state index in [0.29, 0.717) is 39.4 Å². The lowest BCUT2D eigenvalue weighted by molar-refractivity contribution is -0.137. The SMILES string of the molecule is Cc1nc(N[C@H](C)c2cc(C#N)cc(C(F)(F)F)c2)c2c(n1)=CC(=C=O)N(C1CN3CCC1CC3)C=2. The van der Waals surface area contributed by atoms with Crippen molar-refractivity contribution in [2.24, 2.45) is 5.92 Å². The van der Waals surface area contributed by atoms with E-state index in [-0.39, 0.29) is 11.6 Å². The molecule has 2 aromatic rings. The van der Waals surface area contributed by atoms with Gasteiger partial charge in [0.15, 0.2) is 5.94 Å². The summed E-state index contributed by atoms with van der Waals surface area (Å²) in [5.41, 5.74) is -0.215. The first-order chi connectivity index (χ1) is 17.2. The summed E-state index contributed by atoms with van der Waals surface area (Å²) in [4.78, 5) is 25.3. The predicted octanol–water partition coefficient (Wildman–Crippen LogP) is 2.49. The maximum atomic E-state index is 13.4. The summed E-state index contributed by atoms with van der Waals surface area (Å²) < 4.78 is 40.2. The first kappa shape index (κ1) is 24.0. The van der Waals surface area contributed by atoms with Gasteiger partial charge in [-0.2, -0.15) is 18.4 Å². The Morgan fingerprint density at radius 2 is 1.94 bits per heavy atom. The van der Waals surface area contributed by atoms with Crippen LogP contribution >= 0.6 is 0 Å². The molecule has 0 aliphatic carbocycles. The van der Waals surface area contributed by atoms with Gasteiger partial charge in [-0.05, 0) is 75.5 Å². The average molecular weight is 495 g/mol. The van der Waals surface area contributed by atoms with Crippen LogP contribution in [0.2, 0.25) is 0 Å². The molecule has 6 rings (SSSR count). The Kier molecular flexibility index (Phi) is 6.07. The fourth-order valence-corrected chi connectivity index (χ4v) is 5.39. The Morgan fingerprint density at radius 1 is 1.19 bits per heavy atom. The molecule has 3 fully saturated rings. The number of halogens is 3. The molecule has 3 saturated heterocycles. The molecular formula is C26H25F3N6O. The van der Waals surface area contributed by atoms with Crippen LogP contribution in [0, 0.1) is 24.2 Å². The molecule has 4 aliphatic rings. The fourth-order valence-electron chi connectivity index (χ4n) is 5.39. The third-order valence-electron chi connectivity index (χ3n) is 7.26. The van der Waals surface area contributed by atoms with Gasteiger partial charge in [0, 0.05) is 18.8 Å². The van der Waals surface area contributed by atoms with Crippen molar-refractivity contribution in [3.05, 3.63) is 57.0 Å². The van der Waals surface area contributed by atoms with Crippen LogP contribution in [0.15, 0.2) is 23.9 Å². The normalized spacial score (nSPS) is 23.6. The second-order valence-corrected chi connectivity index (χ2v) is 9.61. The van der Waals surface area contributed by atoms with Gasteiger partial charge in [-0.25, -0.2) is 14.8 Å². The molecule has 2 atom stereocenters. The molecule has 0 saturated carbocycles. The van der Waals surface area contributed by atoms with Gasteiger partial charge in [0.05, 0.1) is 33.8 Å². The van der Waals surface area contributed by atoms with Crippen LogP contribution in [0.1, 0.15) is 48.3 Å². The maximum absolute atomic E-state index is 13.4. The summed E-state index contributed by atoms with van der Waals surface area (Å²) in [6, 6.07) is 4.68. The van der Waals surface area contributed by atoms with E-state index >= 15 is 0 Å². The van der Waals surface area contributed by atoms with E-state index in [1.165, 1.54) is 6.07 Å². The summed E-state index contributed by atoms with van der Waals surface area (Å²) in [7, 11) is 0. The molecule has 5 heterocycles. The van der Waals surface area contributed by atoms with Crippen LogP contribution in [0.25, 0.3) is 12.3 Å². The van der Waals surface area contributed by atoms with E-state index in [0.717, 1.165) is 44.6 Å². The number of nitrogens with zero attached hydrogens (tertiary/aromatic N) is 5. The third kappa shape index (κ3) is 4.48. The molecule has 1 aromatic carbocycles. The Hall–Kier alpha value is -3.67. The van der Waals surface area contributed by atoms with Gasteiger partial charge >= 0.3 is 6.18 Å². The molecular weight excluding hydrogens is 469 g/mol. The van der Waals surface area contributed by atoms with E-state index in [9.17, 15) is 23.2 Å². The number of anilines is 1. The Balaban J connectivity index is 1.55. The minimum Gasteiger partial charge on any atom is -0.363 e. The summed E-state index contributed by atoms with van der Waals surface area (Å²) in [5.74, 6) is 3.43. The summed E-state index contributed by atoms with van der Waals surface area (Å²) in [6.07, 6.45) is 1.13. The highest BCUT2D eigenvalue weighted by Crippen LogP contribution is 2.34. The van der Waals surface area contributed by atoms with Crippen molar-refractivity contribution in [2.75, 3.05) is 25.0 Å². The number of aryl methyl sites for hydroxylation is 1. The highest BCUT2D eigenvalue weighted by atomic mass is 19.4. The number of alkyl halides is 3.